The Morgan fingerprint density at radius 2 is 1.86 bits per heavy atom. The molecule has 0 saturated heterocycles. The van der Waals surface area contributed by atoms with E-state index in [0.29, 0.717) is 0 Å². The van der Waals surface area contributed by atoms with Crippen LogP contribution >= 0.6 is 0 Å². The molecule has 0 aromatic heterocycles. The number of nitrogens with one attached hydrogen (secondary N) is 1. The number of carbonyl (C=O) groups excluding carboxylic acids is 1. The molecule has 1 saturated carbocycles. The third-order valence-corrected chi connectivity index (χ3v) is 0.866. The lowest BCUT2D eigenvalue weighted by atomic mass is 10.5. The molecule has 7 heavy (non-hydrogen) atoms. The standard InChI is InChI=1S/C4H8.CHNO/c1-4-2-3-4;2-1-3/h4H,2-3H2,1H3;2H. The average Bonchev–Trinajstić information content (AvgIpc) is 2.25. The molecule has 2 nitrogen and oxygen atoms in total. The first-order chi connectivity index (χ1) is 3.31. The van der Waals surface area contributed by atoms with Crippen molar-refractivity contribution in [1.82, 2.24) is 0 Å². The van der Waals surface area contributed by atoms with Gasteiger partial charge in [0.05, 0.1) is 0 Å². The van der Waals surface area contributed by atoms with E-state index in [9.17, 15) is 0 Å². The number of isocyanates is 1. The van der Waals surface area contributed by atoms with Gasteiger partial charge in [0.1, 0.15) is 0 Å². The second kappa shape index (κ2) is 3.57. The van der Waals surface area contributed by atoms with Crippen LogP contribution in [-0.4, -0.2) is 6.08 Å². The van der Waals surface area contributed by atoms with Gasteiger partial charge in [-0.05, 0) is 5.92 Å². The predicted octanol–water partition coefficient (Wildman–Crippen LogP) is 1.32. The summed E-state index contributed by atoms with van der Waals surface area (Å²) in [6.45, 7) is 2.28. The molecular weight excluding hydrogens is 90.1 g/mol. The molecule has 0 heterocycles. The Morgan fingerprint density at radius 3 is 1.86 bits per heavy atom. The Balaban J connectivity index is 0.000000110. The average molecular weight is 99.1 g/mol. The van der Waals surface area contributed by atoms with Crippen molar-refractivity contribution >= 4 is 6.08 Å². The van der Waals surface area contributed by atoms with Crippen molar-refractivity contribution in [3.8, 4) is 0 Å². The Labute approximate surface area is 43.0 Å². The highest BCUT2D eigenvalue weighted by Crippen LogP contribution is 2.26. The van der Waals surface area contributed by atoms with Gasteiger partial charge < -0.3 is 0 Å². The summed E-state index contributed by atoms with van der Waals surface area (Å²) in [5.41, 5.74) is 0. The lowest BCUT2D eigenvalue weighted by Gasteiger charge is -1.53. The lowest BCUT2D eigenvalue weighted by Crippen LogP contribution is -1.42. The number of hydrogen-bond donors (Lipinski definition) is 1. The van der Waals surface area contributed by atoms with E-state index < -0.39 is 0 Å². The van der Waals surface area contributed by atoms with E-state index in [4.69, 9.17) is 10.2 Å². The van der Waals surface area contributed by atoms with Crippen LogP contribution in [0.1, 0.15) is 19.8 Å². The van der Waals surface area contributed by atoms with Gasteiger partial charge in [0, 0.05) is 0 Å². The summed E-state index contributed by atoms with van der Waals surface area (Å²) in [6, 6.07) is 0. The number of hydrogen-bond acceptors (Lipinski definition) is 2. The summed E-state index contributed by atoms with van der Waals surface area (Å²) in [7, 11) is 0. The maximum Gasteiger partial charge on any atom is 0.231 e. The summed E-state index contributed by atoms with van der Waals surface area (Å²) >= 11 is 0. The first-order valence-electron chi connectivity index (χ1n) is 2.35. The van der Waals surface area contributed by atoms with Gasteiger partial charge in [-0.25, -0.2) is 10.2 Å². The summed E-state index contributed by atoms with van der Waals surface area (Å²) in [5.74, 6) is 1.08. The maximum absolute atomic E-state index is 8.35. The van der Waals surface area contributed by atoms with Crippen LogP contribution in [0.4, 0.5) is 0 Å². The normalized spacial score (nSPS) is 16.1. The molecule has 1 aliphatic carbocycles. The van der Waals surface area contributed by atoms with Crippen molar-refractivity contribution in [3.63, 3.8) is 0 Å². The van der Waals surface area contributed by atoms with Gasteiger partial charge in [-0.15, -0.1) is 0 Å². The third-order valence-electron chi connectivity index (χ3n) is 0.866. The molecule has 0 atom stereocenters. The molecule has 0 spiro atoms. The Morgan fingerprint density at radius 1 is 1.71 bits per heavy atom. The molecule has 0 bridgehead atoms. The predicted molar refractivity (Wildman–Crippen MR) is 26.8 cm³/mol. The molecular formula is C5H9NO. The Bertz CT molecular complexity index is 70.1. The summed E-state index contributed by atoms with van der Waals surface area (Å²) in [4.78, 5) is 8.35. The molecule has 1 rings (SSSR count). The largest absolute Gasteiger partial charge is 0.231 e. The van der Waals surface area contributed by atoms with Crippen LogP contribution in [-0.2, 0) is 4.79 Å². The highest BCUT2D eigenvalue weighted by atomic mass is 16.1. The van der Waals surface area contributed by atoms with Gasteiger partial charge >= 0.3 is 0 Å². The number of rotatable bonds is 0. The van der Waals surface area contributed by atoms with Gasteiger partial charge in [0.25, 0.3) is 0 Å². The smallest absolute Gasteiger partial charge is 0.222 e. The van der Waals surface area contributed by atoms with Crippen LogP contribution < -0.4 is 0 Å². The van der Waals surface area contributed by atoms with E-state index >= 15 is 0 Å². The Hall–Kier alpha value is -0.620. The highest BCUT2D eigenvalue weighted by molar-refractivity contribution is 5.26. The first kappa shape index (κ1) is 6.38. The minimum atomic E-state index is 0.750. The molecule has 0 amide bonds. The molecule has 1 aliphatic rings. The zero-order valence-corrected chi connectivity index (χ0v) is 4.40. The monoisotopic (exact) mass is 99.1 g/mol. The maximum atomic E-state index is 8.35. The molecule has 0 aromatic rings. The van der Waals surface area contributed by atoms with E-state index in [2.05, 4.69) is 6.92 Å². The topological polar surface area (TPSA) is 40.9 Å². The van der Waals surface area contributed by atoms with Crippen molar-refractivity contribution in [2.24, 2.45) is 5.92 Å². The summed E-state index contributed by atoms with van der Waals surface area (Å²) < 4.78 is 0. The molecule has 0 radical (unpaired) electrons. The molecule has 2 heteroatoms. The van der Waals surface area contributed by atoms with Gasteiger partial charge in [-0.1, -0.05) is 19.8 Å². The van der Waals surface area contributed by atoms with Crippen molar-refractivity contribution in [3.05, 3.63) is 0 Å². The molecule has 1 fully saturated rings. The molecule has 0 aliphatic heterocycles. The van der Waals surface area contributed by atoms with Crippen molar-refractivity contribution in [2.75, 3.05) is 0 Å². The summed E-state index contributed by atoms with van der Waals surface area (Å²) in [6.07, 6.45) is 3.72. The van der Waals surface area contributed by atoms with Crippen molar-refractivity contribution < 1.29 is 4.79 Å². The zero-order chi connectivity index (χ0) is 5.70. The zero-order valence-electron chi connectivity index (χ0n) is 4.40. The summed E-state index contributed by atoms with van der Waals surface area (Å²) in [5, 5.41) is 5.40. The molecule has 0 aromatic carbocycles. The SMILES string of the molecule is CC1CC1.N=C=O. The first-order valence-corrected chi connectivity index (χ1v) is 2.35. The fourth-order valence-electron chi connectivity index (χ4n) is 0.167. The molecule has 0 unspecified atom stereocenters. The fraction of sp³-hybridized carbons (Fsp3) is 0.800. The highest BCUT2D eigenvalue weighted by Gasteiger charge is 2.12. The second-order valence-corrected chi connectivity index (χ2v) is 1.78. The van der Waals surface area contributed by atoms with E-state index in [0.717, 1.165) is 12.0 Å². The van der Waals surface area contributed by atoms with Crippen LogP contribution in [0.15, 0.2) is 0 Å². The van der Waals surface area contributed by atoms with Crippen molar-refractivity contribution in [1.29, 1.82) is 5.41 Å². The second-order valence-electron chi connectivity index (χ2n) is 1.78. The van der Waals surface area contributed by atoms with E-state index in [1.807, 2.05) is 0 Å². The van der Waals surface area contributed by atoms with Gasteiger partial charge in [0.15, 0.2) is 0 Å². The third kappa shape index (κ3) is 10.9. The van der Waals surface area contributed by atoms with Crippen LogP contribution in [0.5, 0.6) is 0 Å². The fourth-order valence-corrected chi connectivity index (χ4v) is 0.167. The van der Waals surface area contributed by atoms with E-state index in [1.165, 1.54) is 12.8 Å². The van der Waals surface area contributed by atoms with Crippen LogP contribution in [0.2, 0.25) is 0 Å². The van der Waals surface area contributed by atoms with Crippen LogP contribution in [0, 0.1) is 11.3 Å². The van der Waals surface area contributed by atoms with Crippen molar-refractivity contribution in [2.45, 2.75) is 19.8 Å². The van der Waals surface area contributed by atoms with E-state index in [1.54, 1.807) is 0 Å². The van der Waals surface area contributed by atoms with Gasteiger partial charge in [-0.2, -0.15) is 0 Å². The minimum Gasteiger partial charge on any atom is -0.222 e. The molecule has 40 valence electrons. The van der Waals surface area contributed by atoms with Crippen LogP contribution in [0.3, 0.4) is 0 Å². The van der Waals surface area contributed by atoms with Crippen LogP contribution in [0.25, 0.3) is 0 Å². The minimum absolute atomic E-state index is 0.750. The molecule has 1 N–H and O–H groups in total. The van der Waals surface area contributed by atoms with Gasteiger partial charge in [-0.3, -0.25) is 0 Å². The Kier molecular flexibility index (Phi) is 3.25. The quantitative estimate of drug-likeness (QED) is 0.361. The lowest BCUT2D eigenvalue weighted by molar-refractivity contribution is 0.563. The van der Waals surface area contributed by atoms with E-state index in [-0.39, 0.29) is 0 Å². The van der Waals surface area contributed by atoms with Gasteiger partial charge in [0.2, 0.25) is 6.08 Å².